The Hall–Kier alpha value is -2.38. The number of aliphatic carboxylic acids is 1. The molecule has 4 N–H and O–H groups in total. The third kappa shape index (κ3) is 2.16. The molecule has 1 aromatic heterocycles. The normalized spacial score (nSPS) is 23.7. The van der Waals surface area contributed by atoms with E-state index in [1.165, 1.54) is 0 Å². The van der Waals surface area contributed by atoms with E-state index in [1.54, 1.807) is 13.8 Å². The van der Waals surface area contributed by atoms with Gasteiger partial charge in [0.25, 0.3) is 5.56 Å². The van der Waals surface area contributed by atoms with Crippen molar-refractivity contribution in [3.63, 3.8) is 0 Å². The van der Waals surface area contributed by atoms with Gasteiger partial charge in [-0.1, -0.05) is 13.8 Å². The summed E-state index contributed by atoms with van der Waals surface area (Å²) in [6.07, 6.45) is 1.07. The first-order valence-electron chi connectivity index (χ1n) is 5.61. The Bertz CT molecular complexity index is 657. The van der Waals surface area contributed by atoms with Crippen LogP contribution in [0.1, 0.15) is 13.8 Å². The lowest BCUT2D eigenvalue weighted by molar-refractivity contribution is -0.140. The zero-order chi connectivity index (χ0) is 14.4. The van der Waals surface area contributed by atoms with E-state index in [0.717, 1.165) is 6.20 Å². The van der Waals surface area contributed by atoms with Gasteiger partial charge in [0.15, 0.2) is 0 Å². The fourth-order valence-electron chi connectivity index (χ4n) is 2.30. The van der Waals surface area contributed by atoms with Crippen LogP contribution in [-0.4, -0.2) is 27.0 Å². The van der Waals surface area contributed by atoms with Crippen molar-refractivity contribution in [3.8, 4) is 0 Å². The molecule has 1 fully saturated rings. The third-order valence-corrected chi connectivity index (χ3v) is 3.45. The number of carbonyl (C=O) groups excluding carboxylic acids is 1. The first-order valence-corrected chi connectivity index (χ1v) is 5.61. The quantitative estimate of drug-likeness (QED) is 0.578. The van der Waals surface area contributed by atoms with Gasteiger partial charge in [0.05, 0.1) is 11.8 Å². The summed E-state index contributed by atoms with van der Waals surface area (Å²) in [5.74, 6) is -3.05. The molecule has 0 unspecified atom stereocenters. The molecule has 0 radical (unpaired) electrons. The van der Waals surface area contributed by atoms with Crippen molar-refractivity contribution in [2.75, 3.05) is 5.32 Å². The molecule has 8 nitrogen and oxygen atoms in total. The topological polar surface area (TPSA) is 132 Å². The number of carboxylic acids is 1. The Labute approximate surface area is 106 Å². The smallest absolute Gasteiger partial charge is 0.325 e. The molecule has 8 heteroatoms. The largest absolute Gasteiger partial charge is 0.481 e. The van der Waals surface area contributed by atoms with Gasteiger partial charge in [-0.05, 0) is 5.41 Å². The first kappa shape index (κ1) is 13.1. The number of carboxylic acid groups (broad SMARTS) is 1. The van der Waals surface area contributed by atoms with Crippen LogP contribution in [-0.2, 0) is 9.59 Å². The van der Waals surface area contributed by atoms with Gasteiger partial charge in [0.2, 0.25) is 5.91 Å². The second-order valence-electron chi connectivity index (χ2n) is 5.09. The van der Waals surface area contributed by atoms with Gasteiger partial charge < -0.3 is 15.4 Å². The van der Waals surface area contributed by atoms with Crippen molar-refractivity contribution in [2.45, 2.75) is 13.8 Å². The van der Waals surface area contributed by atoms with Crippen molar-refractivity contribution >= 4 is 17.6 Å². The number of hydrogen-bond acceptors (Lipinski definition) is 4. The predicted molar refractivity (Wildman–Crippen MR) is 64.7 cm³/mol. The molecule has 0 aliphatic heterocycles. The number of aromatic amines is 2. The summed E-state index contributed by atoms with van der Waals surface area (Å²) in [7, 11) is 0. The number of hydrogen-bond donors (Lipinski definition) is 4. The zero-order valence-corrected chi connectivity index (χ0v) is 10.3. The molecule has 19 heavy (non-hydrogen) atoms. The minimum Gasteiger partial charge on any atom is -0.481 e. The fourth-order valence-corrected chi connectivity index (χ4v) is 2.30. The number of rotatable bonds is 3. The molecule has 1 amide bonds. The summed E-state index contributed by atoms with van der Waals surface area (Å²) in [5.41, 5.74) is -2.18. The van der Waals surface area contributed by atoms with Crippen LogP contribution < -0.4 is 16.6 Å². The van der Waals surface area contributed by atoms with Crippen LogP contribution >= 0.6 is 0 Å². The van der Waals surface area contributed by atoms with Crippen molar-refractivity contribution in [2.24, 2.45) is 17.3 Å². The Kier molecular flexibility index (Phi) is 2.80. The van der Waals surface area contributed by atoms with Gasteiger partial charge in [-0.3, -0.25) is 19.4 Å². The van der Waals surface area contributed by atoms with E-state index in [0.29, 0.717) is 0 Å². The molecule has 2 atom stereocenters. The number of carbonyl (C=O) groups is 2. The maximum absolute atomic E-state index is 11.9. The molecule has 1 aliphatic carbocycles. The number of aromatic nitrogens is 2. The highest BCUT2D eigenvalue weighted by molar-refractivity contribution is 5.99. The Morgan fingerprint density at radius 3 is 2.42 bits per heavy atom. The molecule has 0 saturated heterocycles. The highest BCUT2D eigenvalue weighted by atomic mass is 16.4. The SMILES string of the molecule is CC1(C)[C@H](C(=O)O)[C@@H]1C(=O)Nc1c[nH]c(=O)[nH]c1=O. The van der Waals surface area contributed by atoms with Crippen molar-refractivity contribution in [1.29, 1.82) is 0 Å². The maximum Gasteiger partial charge on any atom is 0.325 e. The standard InChI is InChI=1S/C11H13N3O5/c1-11(2)5(6(11)9(17)18)8(16)13-4-3-12-10(19)14-7(4)15/h3,5-6H,1-2H3,(H,13,16)(H,17,18)(H2,12,14,15,19)/t5-,6+/m1/s1. The minimum atomic E-state index is -1.04. The van der Waals surface area contributed by atoms with Crippen LogP contribution in [0.4, 0.5) is 5.69 Å². The number of nitrogens with one attached hydrogen (secondary N) is 3. The van der Waals surface area contributed by atoms with Crippen LogP contribution in [0.15, 0.2) is 15.8 Å². The van der Waals surface area contributed by atoms with E-state index in [9.17, 15) is 19.2 Å². The van der Waals surface area contributed by atoms with Crippen molar-refractivity contribution < 1.29 is 14.7 Å². The molecule has 1 aliphatic rings. The van der Waals surface area contributed by atoms with Crippen molar-refractivity contribution in [1.82, 2.24) is 9.97 Å². The van der Waals surface area contributed by atoms with Crippen LogP contribution in [0.5, 0.6) is 0 Å². The third-order valence-electron chi connectivity index (χ3n) is 3.45. The van der Waals surface area contributed by atoms with Gasteiger partial charge in [-0.2, -0.15) is 0 Å². The average Bonchev–Trinajstić information content (AvgIpc) is 2.86. The molecule has 0 spiro atoms. The molecule has 1 saturated carbocycles. The van der Waals surface area contributed by atoms with Crippen LogP contribution in [0.2, 0.25) is 0 Å². The van der Waals surface area contributed by atoms with E-state index in [4.69, 9.17) is 5.11 Å². The molecular formula is C11H13N3O5. The van der Waals surface area contributed by atoms with E-state index >= 15 is 0 Å². The van der Waals surface area contributed by atoms with Gasteiger partial charge in [0.1, 0.15) is 5.69 Å². The molecule has 2 rings (SSSR count). The Morgan fingerprint density at radius 2 is 1.95 bits per heavy atom. The van der Waals surface area contributed by atoms with Gasteiger partial charge in [-0.25, -0.2) is 4.79 Å². The Balaban J connectivity index is 2.17. The monoisotopic (exact) mass is 267 g/mol. The number of anilines is 1. The summed E-state index contributed by atoms with van der Waals surface area (Å²) in [5, 5.41) is 11.3. The number of H-pyrrole nitrogens is 2. The molecule has 0 aromatic carbocycles. The van der Waals surface area contributed by atoms with E-state index in [-0.39, 0.29) is 5.69 Å². The second kappa shape index (κ2) is 4.08. The van der Waals surface area contributed by atoms with E-state index in [1.807, 2.05) is 4.98 Å². The van der Waals surface area contributed by atoms with Crippen LogP contribution in [0, 0.1) is 17.3 Å². The van der Waals surface area contributed by atoms with E-state index < -0.39 is 40.4 Å². The summed E-state index contributed by atoms with van der Waals surface area (Å²) in [6, 6.07) is 0. The molecule has 1 heterocycles. The molecule has 0 bridgehead atoms. The molecule has 102 valence electrons. The highest BCUT2D eigenvalue weighted by Gasteiger charge is 2.65. The maximum atomic E-state index is 11.9. The van der Waals surface area contributed by atoms with Crippen LogP contribution in [0.25, 0.3) is 0 Å². The van der Waals surface area contributed by atoms with Crippen LogP contribution in [0.3, 0.4) is 0 Å². The molecular weight excluding hydrogens is 254 g/mol. The second-order valence-corrected chi connectivity index (χ2v) is 5.09. The Morgan fingerprint density at radius 1 is 1.32 bits per heavy atom. The van der Waals surface area contributed by atoms with Gasteiger partial charge in [0, 0.05) is 6.20 Å². The van der Waals surface area contributed by atoms with Gasteiger partial charge in [-0.15, -0.1) is 0 Å². The highest BCUT2D eigenvalue weighted by Crippen LogP contribution is 2.58. The first-order chi connectivity index (χ1) is 8.75. The lowest BCUT2D eigenvalue weighted by atomic mass is 10.1. The number of amides is 1. The summed E-state index contributed by atoms with van der Waals surface area (Å²) in [4.78, 5) is 49.3. The average molecular weight is 267 g/mol. The van der Waals surface area contributed by atoms with E-state index in [2.05, 4.69) is 10.3 Å². The minimum absolute atomic E-state index is 0.114. The summed E-state index contributed by atoms with van der Waals surface area (Å²) in [6.45, 7) is 3.35. The lowest BCUT2D eigenvalue weighted by Crippen LogP contribution is -2.28. The molecule has 1 aromatic rings. The summed E-state index contributed by atoms with van der Waals surface area (Å²) < 4.78 is 0. The summed E-state index contributed by atoms with van der Waals surface area (Å²) >= 11 is 0. The van der Waals surface area contributed by atoms with Gasteiger partial charge >= 0.3 is 11.7 Å². The lowest BCUT2D eigenvalue weighted by Gasteiger charge is -2.04. The van der Waals surface area contributed by atoms with Crippen molar-refractivity contribution in [3.05, 3.63) is 27.0 Å². The fraction of sp³-hybridized carbons (Fsp3) is 0.455. The predicted octanol–water partition coefficient (Wildman–Crippen LogP) is -0.641. The zero-order valence-electron chi connectivity index (χ0n) is 10.3.